The number of aryl methyl sites for hydroxylation is 4. The van der Waals surface area contributed by atoms with Crippen LogP contribution in [0, 0.1) is 13.8 Å². The summed E-state index contributed by atoms with van der Waals surface area (Å²) in [4.78, 5) is 23.5. The van der Waals surface area contributed by atoms with Crippen LogP contribution in [-0.4, -0.2) is 43.6 Å². The lowest BCUT2D eigenvalue weighted by Gasteiger charge is -2.16. The normalized spacial score (nSPS) is 17.7. The van der Waals surface area contributed by atoms with Gasteiger partial charge in [0.2, 0.25) is 5.91 Å². The van der Waals surface area contributed by atoms with Gasteiger partial charge in [-0.1, -0.05) is 0 Å². The fourth-order valence-corrected chi connectivity index (χ4v) is 3.17. The Balaban J connectivity index is 1.58. The van der Waals surface area contributed by atoms with Crippen molar-refractivity contribution in [3.63, 3.8) is 0 Å². The number of rotatable bonds is 4. The van der Waals surface area contributed by atoms with Gasteiger partial charge in [-0.2, -0.15) is 5.10 Å². The Morgan fingerprint density at radius 3 is 2.70 bits per heavy atom. The molecule has 0 N–H and O–H groups in total. The van der Waals surface area contributed by atoms with E-state index in [2.05, 4.69) is 15.1 Å². The van der Waals surface area contributed by atoms with Crippen LogP contribution in [0.1, 0.15) is 41.7 Å². The second-order valence-electron chi connectivity index (χ2n) is 6.28. The van der Waals surface area contributed by atoms with E-state index in [0.29, 0.717) is 6.42 Å². The Bertz CT molecular complexity index is 689. The van der Waals surface area contributed by atoms with Crippen molar-refractivity contribution in [3.8, 4) is 0 Å². The van der Waals surface area contributed by atoms with Gasteiger partial charge in [0.05, 0.1) is 0 Å². The molecule has 0 aliphatic carbocycles. The van der Waals surface area contributed by atoms with Gasteiger partial charge >= 0.3 is 0 Å². The molecule has 3 heterocycles. The molecule has 3 rings (SSSR count). The molecule has 2 aromatic heterocycles. The summed E-state index contributed by atoms with van der Waals surface area (Å²) in [7, 11) is 1.91. The van der Waals surface area contributed by atoms with Crippen molar-refractivity contribution in [2.24, 2.45) is 7.05 Å². The summed E-state index contributed by atoms with van der Waals surface area (Å²) in [6.07, 6.45) is 3.97. The van der Waals surface area contributed by atoms with Gasteiger partial charge in [-0.3, -0.25) is 9.48 Å². The molecule has 0 spiro atoms. The maximum atomic E-state index is 12.4. The molecule has 1 aliphatic heterocycles. The van der Waals surface area contributed by atoms with Crippen LogP contribution in [0.5, 0.6) is 0 Å². The van der Waals surface area contributed by atoms with E-state index >= 15 is 0 Å². The van der Waals surface area contributed by atoms with Gasteiger partial charge in [0.25, 0.3) is 0 Å². The van der Waals surface area contributed by atoms with Crippen LogP contribution >= 0.6 is 0 Å². The van der Waals surface area contributed by atoms with Gasteiger partial charge in [0, 0.05) is 55.8 Å². The summed E-state index contributed by atoms with van der Waals surface area (Å²) >= 11 is 0. The van der Waals surface area contributed by atoms with Crippen molar-refractivity contribution in [1.29, 1.82) is 0 Å². The summed E-state index contributed by atoms with van der Waals surface area (Å²) in [5, 5.41) is 4.14. The standard InChI is InChI=1S/C17H23N5O/c1-12-10-13(2)20-17(19-12)14-7-9-22(11-14)16(23)5-4-15-6-8-18-21(15)3/h6,8,10,14H,4-5,7,9,11H2,1-3H3/t14-/m1/s1. The first-order valence-electron chi connectivity index (χ1n) is 8.10. The van der Waals surface area contributed by atoms with Crippen molar-refractivity contribution in [1.82, 2.24) is 24.6 Å². The number of hydrogen-bond acceptors (Lipinski definition) is 4. The average Bonchev–Trinajstić information content (AvgIpc) is 3.13. The number of likely N-dealkylation sites (tertiary alicyclic amines) is 1. The zero-order valence-electron chi connectivity index (χ0n) is 14.0. The molecule has 1 atom stereocenters. The molecule has 0 unspecified atom stereocenters. The summed E-state index contributed by atoms with van der Waals surface area (Å²) in [5.74, 6) is 1.34. The van der Waals surface area contributed by atoms with Crippen molar-refractivity contribution in [2.75, 3.05) is 13.1 Å². The molecular formula is C17H23N5O. The van der Waals surface area contributed by atoms with Gasteiger partial charge in [-0.25, -0.2) is 9.97 Å². The minimum absolute atomic E-state index is 0.207. The topological polar surface area (TPSA) is 63.9 Å². The molecule has 1 amide bonds. The van der Waals surface area contributed by atoms with Gasteiger partial charge in [-0.05, 0) is 38.8 Å². The molecule has 0 saturated carbocycles. The Labute approximate surface area is 136 Å². The van der Waals surface area contributed by atoms with E-state index in [1.165, 1.54) is 0 Å². The first kappa shape index (κ1) is 15.6. The van der Waals surface area contributed by atoms with Crippen LogP contribution in [-0.2, 0) is 18.3 Å². The van der Waals surface area contributed by atoms with E-state index in [4.69, 9.17) is 0 Å². The van der Waals surface area contributed by atoms with E-state index in [0.717, 1.165) is 48.8 Å². The largest absolute Gasteiger partial charge is 0.342 e. The smallest absolute Gasteiger partial charge is 0.222 e. The highest BCUT2D eigenvalue weighted by molar-refractivity contribution is 5.76. The average molecular weight is 313 g/mol. The summed E-state index contributed by atoms with van der Waals surface area (Å²) in [5.41, 5.74) is 3.08. The minimum Gasteiger partial charge on any atom is -0.342 e. The fourth-order valence-electron chi connectivity index (χ4n) is 3.17. The van der Waals surface area contributed by atoms with Crippen LogP contribution in [0.15, 0.2) is 18.3 Å². The van der Waals surface area contributed by atoms with Gasteiger partial charge in [0.15, 0.2) is 0 Å². The van der Waals surface area contributed by atoms with Crippen LogP contribution in [0.4, 0.5) is 0 Å². The van der Waals surface area contributed by atoms with Crippen molar-refractivity contribution < 1.29 is 4.79 Å². The van der Waals surface area contributed by atoms with Gasteiger partial charge in [0.1, 0.15) is 5.82 Å². The number of hydrogen-bond donors (Lipinski definition) is 0. The van der Waals surface area contributed by atoms with Crippen LogP contribution in [0.2, 0.25) is 0 Å². The molecule has 0 bridgehead atoms. The van der Waals surface area contributed by atoms with E-state index in [9.17, 15) is 4.79 Å². The van der Waals surface area contributed by atoms with Gasteiger partial charge in [-0.15, -0.1) is 0 Å². The molecule has 23 heavy (non-hydrogen) atoms. The third-order valence-electron chi connectivity index (χ3n) is 4.42. The van der Waals surface area contributed by atoms with Crippen LogP contribution < -0.4 is 0 Å². The number of nitrogens with zero attached hydrogens (tertiary/aromatic N) is 5. The predicted octanol–water partition coefficient (Wildman–Crippen LogP) is 1.78. The highest BCUT2D eigenvalue weighted by atomic mass is 16.2. The zero-order chi connectivity index (χ0) is 16.4. The van der Waals surface area contributed by atoms with Crippen molar-refractivity contribution >= 4 is 5.91 Å². The quantitative estimate of drug-likeness (QED) is 0.863. The SMILES string of the molecule is Cc1cc(C)nc([C@@H]2CCN(C(=O)CCc3ccnn3C)C2)n1. The van der Waals surface area contributed by atoms with E-state index in [-0.39, 0.29) is 11.8 Å². The Morgan fingerprint density at radius 2 is 2.04 bits per heavy atom. The highest BCUT2D eigenvalue weighted by Crippen LogP contribution is 2.25. The summed E-state index contributed by atoms with van der Waals surface area (Å²) in [6, 6.07) is 3.94. The Morgan fingerprint density at radius 1 is 1.30 bits per heavy atom. The fraction of sp³-hybridized carbons (Fsp3) is 0.529. The lowest BCUT2D eigenvalue weighted by molar-refractivity contribution is -0.130. The molecule has 0 radical (unpaired) electrons. The van der Waals surface area contributed by atoms with E-state index in [1.54, 1.807) is 6.20 Å². The number of carbonyl (C=O) groups is 1. The number of carbonyl (C=O) groups excluding carboxylic acids is 1. The second-order valence-corrected chi connectivity index (χ2v) is 6.28. The zero-order valence-corrected chi connectivity index (χ0v) is 14.0. The third-order valence-corrected chi connectivity index (χ3v) is 4.42. The molecular weight excluding hydrogens is 290 g/mol. The Hall–Kier alpha value is -2.24. The van der Waals surface area contributed by atoms with E-state index < -0.39 is 0 Å². The molecule has 2 aromatic rings. The Kier molecular flexibility index (Phi) is 4.41. The van der Waals surface area contributed by atoms with Crippen LogP contribution in [0.3, 0.4) is 0 Å². The molecule has 122 valence electrons. The predicted molar refractivity (Wildman–Crippen MR) is 87.0 cm³/mol. The minimum atomic E-state index is 0.207. The maximum Gasteiger partial charge on any atom is 0.222 e. The van der Waals surface area contributed by atoms with Crippen LogP contribution in [0.25, 0.3) is 0 Å². The molecule has 0 aromatic carbocycles. The maximum absolute atomic E-state index is 12.4. The molecule has 1 aliphatic rings. The van der Waals surface area contributed by atoms with Gasteiger partial charge < -0.3 is 4.90 Å². The lowest BCUT2D eigenvalue weighted by Crippen LogP contribution is -2.29. The number of amides is 1. The van der Waals surface area contributed by atoms with Crippen molar-refractivity contribution in [3.05, 3.63) is 41.2 Å². The second kappa shape index (κ2) is 6.48. The van der Waals surface area contributed by atoms with Crippen molar-refractivity contribution in [2.45, 2.75) is 39.0 Å². The monoisotopic (exact) mass is 313 g/mol. The third kappa shape index (κ3) is 3.57. The summed E-state index contributed by atoms with van der Waals surface area (Å²) in [6.45, 7) is 5.51. The summed E-state index contributed by atoms with van der Waals surface area (Å²) < 4.78 is 1.82. The number of aromatic nitrogens is 4. The molecule has 6 heteroatoms. The van der Waals surface area contributed by atoms with E-state index in [1.807, 2.05) is 42.6 Å². The molecule has 6 nitrogen and oxygen atoms in total. The molecule has 1 fully saturated rings. The molecule has 1 saturated heterocycles. The first-order valence-corrected chi connectivity index (χ1v) is 8.10. The lowest BCUT2D eigenvalue weighted by atomic mass is 10.1. The first-order chi connectivity index (χ1) is 11.0. The highest BCUT2D eigenvalue weighted by Gasteiger charge is 2.29.